The Balaban J connectivity index is 2.63. The van der Waals surface area contributed by atoms with E-state index in [4.69, 9.17) is 5.73 Å². The quantitative estimate of drug-likeness (QED) is 0.807. The van der Waals surface area contributed by atoms with Crippen molar-refractivity contribution in [1.82, 2.24) is 4.98 Å². The van der Waals surface area contributed by atoms with Crippen LogP contribution in [0.5, 0.6) is 0 Å². The summed E-state index contributed by atoms with van der Waals surface area (Å²) in [6, 6.07) is 0. The summed E-state index contributed by atoms with van der Waals surface area (Å²) in [6.07, 6.45) is 1.09. The Morgan fingerprint density at radius 3 is 2.69 bits per heavy atom. The van der Waals surface area contributed by atoms with Crippen LogP contribution in [0.3, 0.4) is 0 Å². The molecule has 0 saturated carbocycles. The molecule has 0 aliphatic carbocycles. The highest BCUT2D eigenvalue weighted by Gasteiger charge is 2.08. The van der Waals surface area contributed by atoms with Crippen molar-refractivity contribution in [3.63, 3.8) is 0 Å². The molecule has 2 nitrogen and oxygen atoms in total. The first-order valence-electron chi connectivity index (χ1n) is 4.77. The van der Waals surface area contributed by atoms with Crippen molar-refractivity contribution in [3.8, 4) is 0 Å². The number of hydrogen-bond donors (Lipinski definition) is 1. The molecule has 1 rings (SSSR count). The minimum absolute atomic E-state index is 0.400. The van der Waals surface area contributed by atoms with Gasteiger partial charge in [0.25, 0.3) is 0 Å². The topological polar surface area (TPSA) is 38.9 Å². The van der Waals surface area contributed by atoms with Gasteiger partial charge in [-0.1, -0.05) is 20.8 Å². The summed E-state index contributed by atoms with van der Waals surface area (Å²) in [5, 5.41) is 3.38. The van der Waals surface area contributed by atoms with E-state index >= 15 is 0 Å². The number of hydrogen-bond acceptors (Lipinski definition) is 3. The minimum Gasteiger partial charge on any atom is -0.330 e. The normalized spacial score (nSPS) is 13.6. The Bertz CT molecular complexity index is 255. The summed E-state index contributed by atoms with van der Waals surface area (Å²) in [7, 11) is 0. The first-order chi connectivity index (χ1) is 6.13. The maximum Gasteiger partial charge on any atom is 0.0930 e. The molecule has 1 heterocycles. The molecule has 0 spiro atoms. The van der Waals surface area contributed by atoms with Crippen LogP contribution in [0.15, 0.2) is 5.38 Å². The summed E-state index contributed by atoms with van der Waals surface area (Å²) in [5.41, 5.74) is 6.73. The Morgan fingerprint density at radius 2 is 2.15 bits per heavy atom. The van der Waals surface area contributed by atoms with Crippen molar-refractivity contribution in [1.29, 1.82) is 0 Å². The molecule has 0 radical (unpaired) electrons. The largest absolute Gasteiger partial charge is 0.330 e. The molecule has 2 N–H and O–H groups in total. The summed E-state index contributed by atoms with van der Waals surface area (Å²) in [4.78, 5) is 4.56. The SMILES string of the molecule is CC(C)Cc1nc(C(C)CN)cs1. The monoisotopic (exact) mass is 198 g/mol. The van der Waals surface area contributed by atoms with Crippen LogP contribution in [-0.4, -0.2) is 11.5 Å². The average molecular weight is 198 g/mol. The molecule has 0 aliphatic rings. The highest BCUT2D eigenvalue weighted by atomic mass is 32.1. The molecule has 0 aliphatic heterocycles. The zero-order valence-corrected chi connectivity index (χ0v) is 9.40. The van der Waals surface area contributed by atoms with Gasteiger partial charge in [-0.2, -0.15) is 0 Å². The maximum atomic E-state index is 5.58. The van der Waals surface area contributed by atoms with Crippen molar-refractivity contribution in [2.24, 2.45) is 11.7 Å². The van der Waals surface area contributed by atoms with Crippen LogP contribution in [0, 0.1) is 5.92 Å². The van der Waals surface area contributed by atoms with Crippen LogP contribution >= 0.6 is 11.3 Å². The molecule has 1 aromatic heterocycles. The van der Waals surface area contributed by atoms with Crippen LogP contribution in [0.4, 0.5) is 0 Å². The Morgan fingerprint density at radius 1 is 1.46 bits per heavy atom. The van der Waals surface area contributed by atoms with Crippen LogP contribution in [0.2, 0.25) is 0 Å². The van der Waals surface area contributed by atoms with E-state index in [0.29, 0.717) is 18.4 Å². The van der Waals surface area contributed by atoms with E-state index in [2.05, 4.69) is 31.1 Å². The first-order valence-corrected chi connectivity index (χ1v) is 5.65. The standard InChI is InChI=1S/C10H18N2S/c1-7(2)4-10-12-9(6-13-10)8(3)5-11/h6-8H,4-5,11H2,1-3H3. The smallest absolute Gasteiger partial charge is 0.0930 e. The van der Waals surface area contributed by atoms with Crippen LogP contribution in [0.25, 0.3) is 0 Å². The van der Waals surface area contributed by atoms with Gasteiger partial charge in [-0.3, -0.25) is 0 Å². The lowest BCUT2D eigenvalue weighted by Crippen LogP contribution is -2.09. The summed E-state index contributed by atoms with van der Waals surface area (Å²) in [5.74, 6) is 1.09. The van der Waals surface area contributed by atoms with E-state index in [0.717, 1.165) is 12.1 Å². The molecule has 1 atom stereocenters. The van der Waals surface area contributed by atoms with Crippen molar-refractivity contribution in [2.75, 3.05) is 6.54 Å². The van der Waals surface area contributed by atoms with Gasteiger partial charge in [-0.15, -0.1) is 11.3 Å². The van der Waals surface area contributed by atoms with Gasteiger partial charge in [0, 0.05) is 24.3 Å². The van der Waals surface area contributed by atoms with Gasteiger partial charge < -0.3 is 5.73 Å². The molecule has 13 heavy (non-hydrogen) atoms. The molecule has 0 bridgehead atoms. The van der Waals surface area contributed by atoms with E-state index in [1.165, 1.54) is 5.01 Å². The van der Waals surface area contributed by atoms with Gasteiger partial charge in [0.15, 0.2) is 0 Å². The van der Waals surface area contributed by atoms with Crippen molar-refractivity contribution < 1.29 is 0 Å². The highest BCUT2D eigenvalue weighted by Crippen LogP contribution is 2.19. The molecule has 1 unspecified atom stereocenters. The summed E-state index contributed by atoms with van der Waals surface area (Å²) < 4.78 is 0. The zero-order valence-electron chi connectivity index (χ0n) is 8.58. The Kier molecular flexibility index (Phi) is 3.88. The van der Waals surface area contributed by atoms with Crippen LogP contribution in [0.1, 0.15) is 37.4 Å². The van der Waals surface area contributed by atoms with Crippen molar-refractivity contribution >= 4 is 11.3 Å². The van der Waals surface area contributed by atoms with E-state index in [1.54, 1.807) is 11.3 Å². The molecule has 3 heteroatoms. The molecule has 1 aromatic rings. The fourth-order valence-electron chi connectivity index (χ4n) is 1.12. The second-order valence-electron chi connectivity index (χ2n) is 3.90. The molecule has 74 valence electrons. The predicted molar refractivity (Wildman–Crippen MR) is 58.1 cm³/mol. The highest BCUT2D eigenvalue weighted by molar-refractivity contribution is 7.09. The van der Waals surface area contributed by atoms with E-state index in [1.807, 2.05) is 0 Å². The third-order valence-electron chi connectivity index (χ3n) is 2.01. The van der Waals surface area contributed by atoms with E-state index < -0.39 is 0 Å². The number of thiazole rings is 1. The molecule has 0 fully saturated rings. The van der Waals surface area contributed by atoms with Crippen molar-refractivity contribution in [2.45, 2.75) is 33.1 Å². The fraction of sp³-hybridized carbons (Fsp3) is 0.700. The third-order valence-corrected chi connectivity index (χ3v) is 2.90. The maximum absolute atomic E-state index is 5.58. The Hall–Kier alpha value is -0.410. The van der Waals surface area contributed by atoms with Crippen LogP contribution in [-0.2, 0) is 6.42 Å². The molecule has 0 saturated heterocycles. The van der Waals surface area contributed by atoms with E-state index in [-0.39, 0.29) is 0 Å². The van der Waals surface area contributed by atoms with Gasteiger partial charge in [0.1, 0.15) is 0 Å². The average Bonchev–Trinajstić information content (AvgIpc) is 2.50. The lowest BCUT2D eigenvalue weighted by molar-refractivity contribution is 0.639. The molecular formula is C10H18N2S. The minimum atomic E-state index is 0.400. The van der Waals surface area contributed by atoms with Gasteiger partial charge >= 0.3 is 0 Å². The van der Waals surface area contributed by atoms with Crippen molar-refractivity contribution in [3.05, 3.63) is 16.1 Å². The second kappa shape index (κ2) is 4.72. The summed E-state index contributed by atoms with van der Waals surface area (Å²) >= 11 is 1.75. The molecule has 0 aromatic carbocycles. The lowest BCUT2D eigenvalue weighted by atomic mass is 10.1. The van der Waals surface area contributed by atoms with E-state index in [9.17, 15) is 0 Å². The Labute approximate surface area is 84.2 Å². The zero-order chi connectivity index (χ0) is 9.84. The third kappa shape index (κ3) is 3.08. The number of aromatic nitrogens is 1. The van der Waals surface area contributed by atoms with Crippen LogP contribution < -0.4 is 5.73 Å². The first kappa shape index (κ1) is 10.7. The molecule has 0 amide bonds. The second-order valence-corrected chi connectivity index (χ2v) is 4.84. The van der Waals surface area contributed by atoms with Gasteiger partial charge in [-0.05, 0) is 5.92 Å². The number of nitrogens with zero attached hydrogens (tertiary/aromatic N) is 1. The fourth-order valence-corrected chi connectivity index (χ4v) is 2.24. The lowest BCUT2D eigenvalue weighted by Gasteiger charge is -2.03. The van der Waals surface area contributed by atoms with Gasteiger partial charge in [0.05, 0.1) is 10.7 Å². The molecular weight excluding hydrogens is 180 g/mol. The predicted octanol–water partition coefficient (Wildman–Crippen LogP) is 2.40. The number of rotatable bonds is 4. The van der Waals surface area contributed by atoms with Gasteiger partial charge in [0.2, 0.25) is 0 Å². The summed E-state index contributed by atoms with van der Waals surface area (Å²) in [6.45, 7) is 7.24. The van der Waals surface area contributed by atoms with Gasteiger partial charge in [-0.25, -0.2) is 4.98 Å². The number of nitrogens with two attached hydrogens (primary N) is 1.